The van der Waals surface area contributed by atoms with Gasteiger partial charge in [-0.1, -0.05) is 297 Å². The zero-order valence-corrected chi connectivity index (χ0v) is 56.4. The summed E-state index contributed by atoms with van der Waals surface area (Å²) in [5, 5.41) is 4.59. The summed E-state index contributed by atoms with van der Waals surface area (Å²) in [6.07, 6.45) is 0. The summed E-state index contributed by atoms with van der Waals surface area (Å²) < 4.78 is 4.79. The first kappa shape index (κ1) is 61.0. The highest BCUT2D eigenvalue weighted by Crippen LogP contribution is 2.45. The molecule has 486 valence electrons. The number of hydrogen-bond donors (Lipinski definition) is 0. The van der Waals surface area contributed by atoms with Gasteiger partial charge in [0.1, 0.15) is 0 Å². The Morgan fingerprint density at radius 1 is 0.144 bits per heavy atom. The Bertz CT molecular complexity index is 5720. The van der Waals surface area contributed by atoms with Gasteiger partial charge in [0.25, 0.3) is 0 Å². The fourth-order valence-corrected chi connectivity index (χ4v) is 14.8. The van der Waals surface area contributed by atoms with E-state index in [-0.39, 0.29) is 0 Å². The topological polar surface area (TPSA) is 87.2 Å². The SMILES string of the molecule is c1ccc(-c2ccc3c(c2)c2cc(-c4ccccc4)ccc2n3-c2ccc(-c3cccc(-c4ccc(-n5c6ccc(-c7ccccc7)cc6c6cc(-c7ccccc7)ccc65)cc4-c4nc(-c5ccccc5)nc(-c5ccccc5)n4)c3)c(-c3nc(-c4ccccc4)nc(-c4ccccc4)n3)c2)cc1. The van der Waals surface area contributed by atoms with Crippen molar-refractivity contribution >= 4 is 43.6 Å². The van der Waals surface area contributed by atoms with E-state index in [0.29, 0.717) is 34.9 Å². The van der Waals surface area contributed by atoms with Crippen molar-refractivity contribution in [2.24, 2.45) is 0 Å². The molecule has 0 aliphatic heterocycles. The first-order chi connectivity index (χ1) is 51.5. The van der Waals surface area contributed by atoms with Crippen LogP contribution in [0.2, 0.25) is 0 Å². The normalized spacial score (nSPS) is 11.5. The summed E-state index contributed by atoms with van der Waals surface area (Å²) in [4.78, 5) is 32.4. The molecule has 8 heteroatoms. The molecule has 0 fully saturated rings. The van der Waals surface area contributed by atoms with Gasteiger partial charge in [0, 0.05) is 66.3 Å². The summed E-state index contributed by atoms with van der Waals surface area (Å²) in [5.41, 5.74) is 24.4. The summed E-state index contributed by atoms with van der Waals surface area (Å²) in [6, 6.07) is 133. The lowest BCUT2D eigenvalue weighted by molar-refractivity contribution is 1.07. The molecule has 8 nitrogen and oxygen atoms in total. The van der Waals surface area contributed by atoms with E-state index in [1.807, 2.05) is 72.8 Å². The highest BCUT2D eigenvalue weighted by Gasteiger charge is 2.24. The minimum absolute atomic E-state index is 0.536. The maximum atomic E-state index is 5.49. The van der Waals surface area contributed by atoms with Crippen molar-refractivity contribution < 1.29 is 0 Å². The maximum Gasteiger partial charge on any atom is 0.164 e. The molecule has 0 N–H and O–H groups in total. The zero-order chi connectivity index (χ0) is 68.9. The highest BCUT2D eigenvalue weighted by atomic mass is 15.1. The maximum absolute atomic E-state index is 5.49. The second kappa shape index (κ2) is 26.2. The number of aromatic nitrogens is 8. The minimum atomic E-state index is 0.536. The smallest absolute Gasteiger partial charge is 0.164 e. The first-order valence-electron chi connectivity index (χ1n) is 35.1. The van der Waals surface area contributed by atoms with Gasteiger partial charge in [0.2, 0.25) is 0 Å². The van der Waals surface area contributed by atoms with Gasteiger partial charge in [-0.3, -0.25) is 0 Å². The molecule has 0 aliphatic carbocycles. The molecule has 0 amide bonds. The van der Waals surface area contributed by atoms with Gasteiger partial charge < -0.3 is 9.13 Å². The van der Waals surface area contributed by atoms with Crippen LogP contribution in [0.3, 0.4) is 0 Å². The molecule has 0 spiro atoms. The molecule has 4 aromatic heterocycles. The van der Waals surface area contributed by atoms with Gasteiger partial charge in [0.15, 0.2) is 34.9 Å². The van der Waals surface area contributed by atoms with Crippen molar-refractivity contribution in [3.63, 3.8) is 0 Å². The Balaban J connectivity index is 0.841. The Labute approximate surface area is 601 Å². The molecule has 15 aromatic carbocycles. The summed E-state index contributed by atoms with van der Waals surface area (Å²) >= 11 is 0. The number of benzene rings is 15. The van der Waals surface area contributed by atoms with Crippen LogP contribution in [0.25, 0.3) is 190 Å². The van der Waals surface area contributed by atoms with Gasteiger partial charge in [0.05, 0.1) is 22.1 Å². The fraction of sp³-hybridized carbons (Fsp3) is 0. The summed E-state index contributed by atoms with van der Waals surface area (Å²) in [7, 11) is 0. The number of fused-ring (bicyclic) bond motifs is 6. The predicted octanol–water partition coefficient (Wildman–Crippen LogP) is 24.3. The quantitative estimate of drug-likeness (QED) is 0.108. The molecule has 104 heavy (non-hydrogen) atoms. The summed E-state index contributed by atoms with van der Waals surface area (Å²) in [6.45, 7) is 0. The van der Waals surface area contributed by atoms with E-state index in [4.69, 9.17) is 29.9 Å². The van der Waals surface area contributed by atoms with Gasteiger partial charge in [-0.05, 0) is 146 Å². The summed E-state index contributed by atoms with van der Waals surface area (Å²) in [5.74, 6) is 3.36. The van der Waals surface area contributed by atoms with Crippen LogP contribution in [0.4, 0.5) is 0 Å². The van der Waals surface area contributed by atoms with Crippen molar-refractivity contribution in [1.82, 2.24) is 39.0 Å². The Hall–Kier alpha value is -14.1. The van der Waals surface area contributed by atoms with Crippen LogP contribution in [-0.2, 0) is 0 Å². The third kappa shape index (κ3) is 11.3. The van der Waals surface area contributed by atoms with Crippen molar-refractivity contribution in [2.45, 2.75) is 0 Å². The third-order valence-electron chi connectivity index (χ3n) is 19.8. The third-order valence-corrected chi connectivity index (χ3v) is 19.8. The lowest BCUT2D eigenvalue weighted by Crippen LogP contribution is -2.03. The zero-order valence-electron chi connectivity index (χ0n) is 56.4. The molecule has 0 atom stereocenters. The molecule has 0 unspecified atom stereocenters. The largest absolute Gasteiger partial charge is 0.309 e. The van der Waals surface area contributed by atoms with Crippen LogP contribution >= 0.6 is 0 Å². The van der Waals surface area contributed by atoms with Gasteiger partial charge in [-0.15, -0.1) is 0 Å². The molecule has 19 aromatic rings. The van der Waals surface area contributed by atoms with Gasteiger partial charge in [-0.2, -0.15) is 0 Å². The minimum Gasteiger partial charge on any atom is -0.309 e. The Morgan fingerprint density at radius 3 is 0.635 bits per heavy atom. The molecule has 19 rings (SSSR count). The van der Waals surface area contributed by atoms with E-state index in [9.17, 15) is 0 Å². The van der Waals surface area contributed by atoms with E-state index < -0.39 is 0 Å². The average molecular weight is 1330 g/mol. The molecule has 0 saturated carbocycles. The van der Waals surface area contributed by atoms with E-state index in [2.05, 4.69) is 312 Å². The van der Waals surface area contributed by atoms with Crippen LogP contribution < -0.4 is 0 Å². The van der Waals surface area contributed by atoms with Crippen LogP contribution in [0.5, 0.6) is 0 Å². The van der Waals surface area contributed by atoms with Gasteiger partial charge >= 0.3 is 0 Å². The van der Waals surface area contributed by atoms with Crippen molar-refractivity contribution in [1.29, 1.82) is 0 Å². The second-order valence-electron chi connectivity index (χ2n) is 26.2. The first-order valence-corrected chi connectivity index (χ1v) is 35.1. The lowest BCUT2D eigenvalue weighted by Gasteiger charge is -2.18. The van der Waals surface area contributed by atoms with Crippen molar-refractivity contribution in [2.75, 3.05) is 0 Å². The number of rotatable bonds is 14. The average Bonchev–Trinajstić information content (AvgIpc) is 1.57. The van der Waals surface area contributed by atoms with Crippen LogP contribution in [0.1, 0.15) is 0 Å². The van der Waals surface area contributed by atoms with Crippen LogP contribution in [0, 0.1) is 0 Å². The molecule has 0 saturated heterocycles. The molecule has 0 bridgehead atoms. The van der Waals surface area contributed by atoms with Crippen LogP contribution in [-0.4, -0.2) is 39.0 Å². The Morgan fingerprint density at radius 2 is 0.375 bits per heavy atom. The number of hydrogen-bond acceptors (Lipinski definition) is 6. The molecule has 0 radical (unpaired) electrons. The van der Waals surface area contributed by atoms with E-state index in [0.717, 1.165) is 155 Å². The lowest BCUT2D eigenvalue weighted by atomic mass is 9.92. The fourth-order valence-electron chi connectivity index (χ4n) is 14.8. The van der Waals surface area contributed by atoms with E-state index in [1.54, 1.807) is 0 Å². The molecule has 4 heterocycles. The van der Waals surface area contributed by atoms with Crippen molar-refractivity contribution in [3.8, 4) is 146 Å². The molecular formula is C96H62N8. The standard InChI is InChI=1S/C96H62N8/c1-9-26-63(27-10-1)71-44-52-87-81(57-71)82-58-72(64-28-11-2-12-29-64)45-53-88(82)103(87)77-48-50-79(85(61-77)95-99-91(67-34-17-5-18-35-67)97-92(100-95)68-36-19-6-20-37-68)75-42-25-43-76(56-75)80-51-49-78(62-86(80)96-101-93(69-38-21-7-22-39-69)98-94(102-96)70-40-23-8-24-41-70)104-89-54-46-73(65-30-13-3-14-31-65)59-83(89)84-60-74(47-55-90(84)104)66-32-15-4-16-33-66/h1-62H. The highest BCUT2D eigenvalue weighted by molar-refractivity contribution is 6.13. The second-order valence-corrected chi connectivity index (χ2v) is 26.2. The number of nitrogens with zero attached hydrogens (tertiary/aromatic N) is 8. The van der Waals surface area contributed by atoms with E-state index >= 15 is 0 Å². The molecular weight excluding hydrogens is 1270 g/mol. The van der Waals surface area contributed by atoms with Crippen LogP contribution in [0.15, 0.2) is 376 Å². The Kier molecular flexibility index (Phi) is 15.4. The van der Waals surface area contributed by atoms with Gasteiger partial charge in [-0.25, -0.2) is 29.9 Å². The predicted molar refractivity (Wildman–Crippen MR) is 427 cm³/mol. The molecule has 0 aliphatic rings. The van der Waals surface area contributed by atoms with Crippen molar-refractivity contribution in [3.05, 3.63) is 376 Å². The van der Waals surface area contributed by atoms with E-state index in [1.165, 1.54) is 0 Å². The monoisotopic (exact) mass is 1330 g/mol.